The predicted octanol–water partition coefficient (Wildman–Crippen LogP) is 5.10. The van der Waals surface area contributed by atoms with Gasteiger partial charge < -0.3 is 11.5 Å². The molecule has 6 N–H and O–H groups in total. The predicted molar refractivity (Wildman–Crippen MR) is 134 cm³/mol. The Morgan fingerprint density at radius 1 is 0.562 bits per heavy atom. The molecule has 6 rings (SSSR count). The Labute approximate surface area is 184 Å². The van der Waals surface area contributed by atoms with Gasteiger partial charge in [0.2, 0.25) is 11.9 Å². The molecule has 4 aromatic carbocycles. The van der Waals surface area contributed by atoms with Gasteiger partial charge in [0.05, 0.1) is 11.4 Å². The van der Waals surface area contributed by atoms with Crippen molar-refractivity contribution in [2.75, 3.05) is 5.01 Å². The lowest BCUT2D eigenvalue weighted by molar-refractivity contribution is 0.602. The Kier molecular flexibility index (Phi) is 3.67. The summed E-state index contributed by atoms with van der Waals surface area (Å²) in [6.45, 7) is 0. The highest BCUT2D eigenvalue weighted by molar-refractivity contribution is 6.14. The van der Waals surface area contributed by atoms with Crippen LogP contribution >= 0.6 is 0 Å². The first-order valence-corrected chi connectivity index (χ1v) is 10.3. The molecule has 0 heterocycles. The highest BCUT2D eigenvalue weighted by atomic mass is 15.7. The zero-order valence-electron chi connectivity index (χ0n) is 17.1. The number of anilines is 2. The van der Waals surface area contributed by atoms with E-state index in [1.165, 1.54) is 5.01 Å². The summed E-state index contributed by atoms with van der Waals surface area (Å²) in [7, 11) is 0. The maximum absolute atomic E-state index is 8.24. The fraction of sp³-hybridized carbons (Fsp3) is 0. The quantitative estimate of drug-likeness (QED) is 0.183. The van der Waals surface area contributed by atoms with Crippen molar-refractivity contribution in [2.24, 2.45) is 11.5 Å². The fourth-order valence-corrected chi connectivity index (χ4v) is 4.87. The first-order valence-electron chi connectivity index (χ1n) is 10.3. The van der Waals surface area contributed by atoms with E-state index in [9.17, 15) is 0 Å². The molecule has 154 valence electrons. The first kappa shape index (κ1) is 18.2. The van der Waals surface area contributed by atoms with E-state index in [-0.39, 0.29) is 11.9 Å². The van der Waals surface area contributed by atoms with Gasteiger partial charge in [-0.3, -0.25) is 10.8 Å². The molecule has 2 aliphatic rings. The molecule has 32 heavy (non-hydrogen) atoms. The smallest absolute Gasteiger partial charge is 0.215 e. The highest BCUT2D eigenvalue weighted by Gasteiger charge is 2.28. The summed E-state index contributed by atoms with van der Waals surface area (Å²) in [6.07, 6.45) is 8.41. The van der Waals surface area contributed by atoms with Gasteiger partial charge in [-0.05, 0) is 45.2 Å². The van der Waals surface area contributed by atoms with Crippen LogP contribution in [0.3, 0.4) is 0 Å². The SMILES string of the molecule is N=C(N)N(C(=N)N)N(c1ccc2c3c(cccc13)C=C2)c1ccc2c3c(cccc13)C=C2. The van der Waals surface area contributed by atoms with Crippen LogP contribution in [0.25, 0.3) is 45.8 Å². The second-order valence-electron chi connectivity index (χ2n) is 7.95. The van der Waals surface area contributed by atoms with Crippen LogP contribution in [-0.4, -0.2) is 16.9 Å². The largest absolute Gasteiger partial charge is 0.368 e. The summed E-state index contributed by atoms with van der Waals surface area (Å²) in [5, 5.41) is 23.8. The number of nitrogens with zero attached hydrogens (tertiary/aromatic N) is 2. The molecule has 0 atom stereocenters. The normalized spacial score (nSPS) is 12.6. The molecule has 2 aliphatic carbocycles. The van der Waals surface area contributed by atoms with Crippen molar-refractivity contribution < 1.29 is 0 Å². The lowest BCUT2D eigenvalue weighted by Crippen LogP contribution is -2.53. The molecule has 6 heteroatoms. The summed E-state index contributed by atoms with van der Waals surface area (Å²) in [4.78, 5) is 0. The topological polar surface area (TPSA) is 106 Å². The van der Waals surface area contributed by atoms with E-state index in [0.717, 1.165) is 55.2 Å². The lowest BCUT2D eigenvalue weighted by Gasteiger charge is -2.36. The van der Waals surface area contributed by atoms with Gasteiger partial charge in [0.25, 0.3) is 0 Å². The van der Waals surface area contributed by atoms with Gasteiger partial charge in [-0.1, -0.05) is 72.8 Å². The van der Waals surface area contributed by atoms with E-state index >= 15 is 0 Å². The van der Waals surface area contributed by atoms with Crippen LogP contribution in [0.1, 0.15) is 22.3 Å². The number of guanidine groups is 2. The number of hydrogen-bond donors (Lipinski definition) is 4. The van der Waals surface area contributed by atoms with Gasteiger partial charge in [0.1, 0.15) is 0 Å². The average molecular weight is 416 g/mol. The molecule has 0 saturated heterocycles. The minimum absolute atomic E-state index is 0.333. The molecule has 0 aromatic heterocycles. The molecule has 6 nitrogen and oxygen atoms in total. The van der Waals surface area contributed by atoms with Crippen molar-refractivity contribution in [3.05, 3.63) is 82.9 Å². The van der Waals surface area contributed by atoms with Crippen LogP contribution in [0.15, 0.2) is 60.7 Å². The van der Waals surface area contributed by atoms with Crippen LogP contribution in [0.5, 0.6) is 0 Å². The van der Waals surface area contributed by atoms with Crippen molar-refractivity contribution in [2.45, 2.75) is 0 Å². The van der Waals surface area contributed by atoms with Crippen molar-refractivity contribution in [3.63, 3.8) is 0 Å². The van der Waals surface area contributed by atoms with E-state index in [2.05, 4.69) is 60.7 Å². The van der Waals surface area contributed by atoms with Crippen molar-refractivity contribution in [1.82, 2.24) is 5.01 Å². The maximum Gasteiger partial charge on any atom is 0.215 e. The third-order valence-electron chi connectivity index (χ3n) is 6.16. The molecule has 0 saturated carbocycles. The molecule has 0 radical (unpaired) electrons. The Morgan fingerprint density at radius 2 is 0.969 bits per heavy atom. The van der Waals surface area contributed by atoms with Crippen LogP contribution < -0.4 is 16.5 Å². The van der Waals surface area contributed by atoms with Gasteiger partial charge >= 0.3 is 0 Å². The zero-order valence-corrected chi connectivity index (χ0v) is 17.1. The van der Waals surface area contributed by atoms with E-state index in [4.69, 9.17) is 22.3 Å². The molecule has 0 unspecified atom stereocenters. The minimum atomic E-state index is -0.333. The third-order valence-corrected chi connectivity index (χ3v) is 6.16. The van der Waals surface area contributed by atoms with Gasteiger partial charge in [0, 0.05) is 10.8 Å². The molecule has 0 spiro atoms. The number of rotatable bonds is 3. The summed E-state index contributed by atoms with van der Waals surface area (Å²) < 4.78 is 0. The third kappa shape index (κ3) is 2.40. The van der Waals surface area contributed by atoms with E-state index < -0.39 is 0 Å². The van der Waals surface area contributed by atoms with Crippen LogP contribution in [0, 0.1) is 10.8 Å². The Balaban J connectivity index is 1.70. The molecule has 0 bridgehead atoms. The second kappa shape index (κ2) is 6.46. The van der Waals surface area contributed by atoms with E-state index in [1.54, 1.807) is 5.01 Å². The van der Waals surface area contributed by atoms with Gasteiger partial charge in [0.15, 0.2) is 0 Å². The van der Waals surface area contributed by atoms with Gasteiger partial charge in [-0.2, -0.15) is 5.01 Å². The molecule has 0 amide bonds. The van der Waals surface area contributed by atoms with Crippen molar-refractivity contribution >= 4 is 69.1 Å². The fourth-order valence-electron chi connectivity index (χ4n) is 4.87. The summed E-state index contributed by atoms with van der Waals surface area (Å²) in [5.74, 6) is -0.666. The van der Waals surface area contributed by atoms with Gasteiger partial charge in [-0.25, -0.2) is 5.01 Å². The molecule has 0 fully saturated rings. The second-order valence-corrected chi connectivity index (χ2v) is 7.95. The molecular weight excluding hydrogens is 396 g/mol. The van der Waals surface area contributed by atoms with E-state index in [1.807, 2.05) is 24.3 Å². The Bertz CT molecular complexity index is 1410. The zero-order chi connectivity index (χ0) is 22.0. The highest BCUT2D eigenvalue weighted by Crippen LogP contribution is 2.43. The maximum atomic E-state index is 8.24. The molecular formula is C26H20N6. The van der Waals surface area contributed by atoms with Crippen molar-refractivity contribution in [3.8, 4) is 0 Å². The monoisotopic (exact) mass is 416 g/mol. The van der Waals surface area contributed by atoms with Crippen LogP contribution in [-0.2, 0) is 0 Å². The molecule has 0 aliphatic heterocycles. The van der Waals surface area contributed by atoms with Gasteiger partial charge in [-0.15, -0.1) is 0 Å². The van der Waals surface area contributed by atoms with Crippen LogP contribution in [0.4, 0.5) is 11.4 Å². The molecule has 4 aromatic rings. The van der Waals surface area contributed by atoms with Crippen LogP contribution in [0.2, 0.25) is 0 Å². The average Bonchev–Trinajstić information content (AvgIpc) is 3.40. The standard InChI is InChI=1S/C26H20N6/c27-25(28)32(26(29)30)31(21-13-11-17-9-7-15-3-1-5-19(21)23(15)17)22-14-12-18-10-8-16-4-2-6-20(22)24(16)18/h1-14H,(H3,27,28)(H3,29,30). The number of hydrogen-bond acceptors (Lipinski definition) is 3. The Morgan fingerprint density at radius 3 is 1.38 bits per heavy atom. The van der Waals surface area contributed by atoms with E-state index in [0.29, 0.717) is 0 Å². The summed E-state index contributed by atoms with van der Waals surface area (Å²) >= 11 is 0. The lowest BCUT2D eigenvalue weighted by atomic mass is 10.00. The summed E-state index contributed by atoms with van der Waals surface area (Å²) in [5.41, 5.74) is 18.1. The number of benzene rings is 4. The summed E-state index contributed by atoms with van der Waals surface area (Å²) in [6, 6.07) is 20.4. The number of nitrogens with two attached hydrogens (primary N) is 2. The Hall–Kier alpha value is -4.58. The minimum Gasteiger partial charge on any atom is -0.368 e. The van der Waals surface area contributed by atoms with Crippen molar-refractivity contribution in [1.29, 1.82) is 10.8 Å². The number of nitrogens with one attached hydrogen (secondary N) is 2. The number of hydrazine groups is 1. The first-order chi connectivity index (χ1) is 15.5.